The van der Waals surface area contributed by atoms with Gasteiger partial charge < -0.3 is 20.1 Å². The Morgan fingerprint density at radius 1 is 1.23 bits per heavy atom. The third kappa shape index (κ3) is 5.32. The summed E-state index contributed by atoms with van der Waals surface area (Å²) >= 11 is 0. The third-order valence-corrected chi connectivity index (χ3v) is 5.23. The number of fused-ring (bicyclic) bond motifs is 2. The molecule has 0 aliphatic carbocycles. The number of hydrogen-bond donors (Lipinski definition) is 2. The summed E-state index contributed by atoms with van der Waals surface area (Å²) in [5.74, 6) is 3.46. The highest BCUT2D eigenvalue weighted by molar-refractivity contribution is 5.88. The average molecular weight is 423 g/mol. The van der Waals surface area contributed by atoms with Crippen molar-refractivity contribution in [3.8, 4) is 5.75 Å². The van der Waals surface area contributed by atoms with E-state index in [4.69, 9.17) is 14.5 Å². The Balaban J connectivity index is 1.33. The number of guanidine groups is 1. The van der Waals surface area contributed by atoms with Crippen LogP contribution in [0.4, 0.5) is 0 Å². The van der Waals surface area contributed by atoms with Gasteiger partial charge in [-0.3, -0.25) is 0 Å². The predicted molar refractivity (Wildman–Crippen MR) is 121 cm³/mol. The molecule has 1 unspecified atom stereocenters. The van der Waals surface area contributed by atoms with E-state index in [-0.39, 0.29) is 6.04 Å². The monoisotopic (exact) mass is 422 g/mol. The van der Waals surface area contributed by atoms with Gasteiger partial charge in [0, 0.05) is 31.5 Å². The van der Waals surface area contributed by atoms with E-state index in [0.717, 1.165) is 54.7 Å². The number of rotatable bonds is 8. The maximum atomic E-state index is 6.01. The first kappa shape index (κ1) is 21.1. The lowest BCUT2D eigenvalue weighted by Crippen LogP contribution is -2.47. The fourth-order valence-electron chi connectivity index (χ4n) is 3.82. The fourth-order valence-corrected chi connectivity index (χ4v) is 3.82. The molecular formula is C23H30N6O2. The Morgan fingerprint density at radius 2 is 2.10 bits per heavy atom. The molecular weight excluding hydrogens is 392 g/mol. The number of aryl methyl sites for hydroxylation is 1. The highest BCUT2D eigenvalue weighted by Crippen LogP contribution is 2.24. The standard InChI is InChI=1S/C23H30N6O2/c1-3-24-23(26-18-11-12-22-27-21(16-30-2)28-29(22)15-18)25-13-14-31-20-10-6-8-17-7-4-5-9-19(17)20/h4-10,18H,3,11-16H2,1-2H3,(H2,24,25,26). The van der Waals surface area contributed by atoms with Gasteiger partial charge in [-0.25, -0.2) is 14.7 Å². The molecule has 164 valence electrons. The normalized spacial score (nSPS) is 16.2. The first-order valence-electron chi connectivity index (χ1n) is 10.8. The molecule has 0 bridgehead atoms. The van der Waals surface area contributed by atoms with E-state index in [0.29, 0.717) is 19.8 Å². The zero-order valence-electron chi connectivity index (χ0n) is 18.2. The summed E-state index contributed by atoms with van der Waals surface area (Å²) in [5, 5.41) is 13.7. The van der Waals surface area contributed by atoms with Gasteiger partial charge >= 0.3 is 0 Å². The number of aliphatic imine (C=N–C) groups is 1. The smallest absolute Gasteiger partial charge is 0.191 e. The molecule has 0 saturated heterocycles. The van der Waals surface area contributed by atoms with Gasteiger partial charge in [-0.2, -0.15) is 5.10 Å². The molecule has 0 radical (unpaired) electrons. The Hall–Kier alpha value is -3.13. The lowest BCUT2D eigenvalue weighted by Gasteiger charge is -2.25. The molecule has 1 aliphatic heterocycles. The van der Waals surface area contributed by atoms with Gasteiger partial charge in [-0.15, -0.1) is 0 Å². The Bertz CT molecular complexity index is 1030. The first-order valence-corrected chi connectivity index (χ1v) is 10.8. The number of nitrogens with zero attached hydrogens (tertiary/aromatic N) is 4. The molecule has 2 aromatic carbocycles. The van der Waals surface area contributed by atoms with Crippen molar-refractivity contribution in [1.82, 2.24) is 25.4 Å². The van der Waals surface area contributed by atoms with E-state index in [1.54, 1.807) is 7.11 Å². The minimum Gasteiger partial charge on any atom is -0.491 e. The molecule has 4 rings (SSSR count). The second kappa shape index (κ2) is 10.3. The number of methoxy groups -OCH3 is 1. The molecule has 0 spiro atoms. The van der Waals surface area contributed by atoms with Gasteiger partial charge in [0.1, 0.15) is 24.8 Å². The first-order chi connectivity index (χ1) is 15.3. The van der Waals surface area contributed by atoms with Crippen LogP contribution < -0.4 is 15.4 Å². The molecule has 1 aromatic heterocycles. The summed E-state index contributed by atoms with van der Waals surface area (Å²) < 4.78 is 13.1. The van der Waals surface area contributed by atoms with E-state index < -0.39 is 0 Å². The van der Waals surface area contributed by atoms with Crippen LogP contribution in [0.5, 0.6) is 5.75 Å². The summed E-state index contributed by atoms with van der Waals surface area (Å²) in [6.45, 7) is 5.16. The summed E-state index contributed by atoms with van der Waals surface area (Å²) in [6.07, 6.45) is 1.88. The zero-order valence-corrected chi connectivity index (χ0v) is 18.2. The lowest BCUT2D eigenvalue weighted by atomic mass is 10.1. The van der Waals surface area contributed by atoms with Crippen LogP contribution in [0.3, 0.4) is 0 Å². The molecule has 1 atom stereocenters. The van der Waals surface area contributed by atoms with E-state index in [1.807, 2.05) is 28.9 Å². The van der Waals surface area contributed by atoms with Crippen molar-refractivity contribution >= 4 is 16.7 Å². The largest absolute Gasteiger partial charge is 0.491 e. The van der Waals surface area contributed by atoms with Crippen LogP contribution >= 0.6 is 0 Å². The molecule has 0 saturated carbocycles. The number of benzene rings is 2. The lowest BCUT2D eigenvalue weighted by molar-refractivity contribution is 0.177. The molecule has 0 fully saturated rings. The van der Waals surface area contributed by atoms with Crippen molar-refractivity contribution in [2.75, 3.05) is 26.8 Å². The number of aromatic nitrogens is 3. The van der Waals surface area contributed by atoms with E-state index in [9.17, 15) is 0 Å². The van der Waals surface area contributed by atoms with Crippen LogP contribution in [0, 0.1) is 0 Å². The van der Waals surface area contributed by atoms with Crippen LogP contribution in [0.2, 0.25) is 0 Å². The molecule has 31 heavy (non-hydrogen) atoms. The summed E-state index contributed by atoms with van der Waals surface area (Å²) in [6, 6.07) is 14.6. The molecule has 8 heteroatoms. The van der Waals surface area contributed by atoms with Gasteiger partial charge in [-0.05, 0) is 24.8 Å². The molecule has 1 aliphatic rings. The maximum absolute atomic E-state index is 6.01. The van der Waals surface area contributed by atoms with Crippen LogP contribution in [0.15, 0.2) is 47.5 Å². The van der Waals surface area contributed by atoms with Crippen LogP contribution in [0.1, 0.15) is 25.0 Å². The van der Waals surface area contributed by atoms with Crippen molar-refractivity contribution in [1.29, 1.82) is 0 Å². The van der Waals surface area contributed by atoms with Gasteiger partial charge in [-0.1, -0.05) is 36.4 Å². The maximum Gasteiger partial charge on any atom is 0.191 e. The topological polar surface area (TPSA) is 85.6 Å². The number of ether oxygens (including phenoxy) is 2. The minimum absolute atomic E-state index is 0.251. The fraction of sp³-hybridized carbons (Fsp3) is 0.435. The molecule has 2 heterocycles. The number of nitrogens with one attached hydrogen (secondary N) is 2. The van der Waals surface area contributed by atoms with Crippen molar-refractivity contribution in [3.05, 3.63) is 54.1 Å². The highest BCUT2D eigenvalue weighted by Gasteiger charge is 2.22. The molecule has 8 nitrogen and oxygen atoms in total. The minimum atomic E-state index is 0.251. The average Bonchev–Trinajstić information content (AvgIpc) is 3.19. The van der Waals surface area contributed by atoms with Gasteiger partial charge in [0.2, 0.25) is 0 Å². The quantitative estimate of drug-likeness (QED) is 0.330. The SMILES string of the molecule is CCNC(=NCCOc1cccc2ccccc12)NC1CCc2nc(COC)nn2C1. The number of hydrogen-bond acceptors (Lipinski definition) is 5. The van der Waals surface area contributed by atoms with E-state index in [1.165, 1.54) is 5.39 Å². The Morgan fingerprint density at radius 3 is 2.97 bits per heavy atom. The van der Waals surface area contributed by atoms with Gasteiger partial charge in [0.15, 0.2) is 11.8 Å². The van der Waals surface area contributed by atoms with E-state index in [2.05, 4.69) is 45.8 Å². The highest BCUT2D eigenvalue weighted by atomic mass is 16.5. The van der Waals surface area contributed by atoms with Gasteiger partial charge in [0.05, 0.1) is 13.1 Å². The van der Waals surface area contributed by atoms with Crippen molar-refractivity contribution in [2.45, 2.75) is 39.0 Å². The van der Waals surface area contributed by atoms with Crippen molar-refractivity contribution in [3.63, 3.8) is 0 Å². The predicted octanol–water partition coefficient (Wildman–Crippen LogP) is 2.53. The summed E-state index contributed by atoms with van der Waals surface area (Å²) in [4.78, 5) is 9.24. The summed E-state index contributed by atoms with van der Waals surface area (Å²) in [7, 11) is 1.66. The van der Waals surface area contributed by atoms with E-state index >= 15 is 0 Å². The van der Waals surface area contributed by atoms with Crippen LogP contribution in [0.25, 0.3) is 10.8 Å². The van der Waals surface area contributed by atoms with Gasteiger partial charge in [0.25, 0.3) is 0 Å². The van der Waals surface area contributed by atoms with Crippen LogP contribution in [-0.4, -0.2) is 53.6 Å². The molecule has 0 amide bonds. The van der Waals surface area contributed by atoms with Crippen LogP contribution in [-0.2, 0) is 24.3 Å². The third-order valence-electron chi connectivity index (χ3n) is 5.23. The second-order valence-electron chi connectivity index (χ2n) is 7.53. The van der Waals surface area contributed by atoms with Crippen molar-refractivity contribution in [2.24, 2.45) is 4.99 Å². The zero-order chi connectivity index (χ0) is 21.5. The molecule has 3 aromatic rings. The second-order valence-corrected chi connectivity index (χ2v) is 7.53. The van der Waals surface area contributed by atoms with Crippen molar-refractivity contribution < 1.29 is 9.47 Å². The Labute approximate surface area is 182 Å². The summed E-state index contributed by atoms with van der Waals surface area (Å²) in [5.41, 5.74) is 0. The molecule has 2 N–H and O–H groups in total. The Kier molecular flexibility index (Phi) is 6.99.